The van der Waals surface area contributed by atoms with E-state index in [-0.39, 0.29) is 17.9 Å². The molecular formula is C21H19N3O4. The highest BCUT2D eigenvalue weighted by Gasteiger charge is 2.29. The number of hydrogen-bond donors (Lipinski definition) is 1. The van der Waals surface area contributed by atoms with Gasteiger partial charge in [0.05, 0.1) is 11.6 Å². The summed E-state index contributed by atoms with van der Waals surface area (Å²) in [7, 11) is 0. The van der Waals surface area contributed by atoms with Crippen LogP contribution in [-0.4, -0.2) is 30.4 Å². The first kappa shape index (κ1) is 19.1. The third-order valence-corrected chi connectivity index (χ3v) is 4.43. The molecule has 1 aliphatic heterocycles. The monoisotopic (exact) mass is 377 g/mol. The molecule has 2 amide bonds. The van der Waals surface area contributed by atoms with E-state index in [0.717, 1.165) is 17.7 Å². The van der Waals surface area contributed by atoms with Crippen molar-refractivity contribution in [1.29, 1.82) is 5.26 Å². The van der Waals surface area contributed by atoms with Gasteiger partial charge in [0.2, 0.25) is 5.91 Å². The number of amides is 2. The third-order valence-electron chi connectivity index (χ3n) is 4.43. The number of anilines is 2. The van der Waals surface area contributed by atoms with E-state index in [1.807, 2.05) is 24.3 Å². The number of ether oxygens (including phenoxy) is 1. The zero-order valence-corrected chi connectivity index (χ0v) is 15.3. The number of nitrogens with one attached hydrogen (secondary N) is 1. The fourth-order valence-corrected chi connectivity index (χ4v) is 3.03. The lowest BCUT2D eigenvalue weighted by atomic mass is 10.2. The largest absolute Gasteiger partial charge is 0.449 e. The van der Waals surface area contributed by atoms with Gasteiger partial charge in [0.1, 0.15) is 6.42 Å². The highest BCUT2D eigenvalue weighted by molar-refractivity contribution is 6.00. The summed E-state index contributed by atoms with van der Waals surface area (Å²) in [5.74, 6) is -1.31. The maximum Gasteiger partial charge on any atom is 0.338 e. The molecule has 2 aromatic rings. The molecule has 0 bridgehead atoms. The summed E-state index contributed by atoms with van der Waals surface area (Å²) in [5.41, 5.74) is 2.69. The second-order valence-electron chi connectivity index (χ2n) is 6.38. The Hall–Kier alpha value is -3.66. The van der Waals surface area contributed by atoms with E-state index in [2.05, 4.69) is 5.32 Å². The lowest BCUT2D eigenvalue weighted by molar-refractivity contribution is -0.126. The molecule has 7 heteroatoms. The number of fused-ring (bicyclic) bond motifs is 1. The van der Waals surface area contributed by atoms with Crippen LogP contribution in [0.5, 0.6) is 0 Å². The molecule has 1 atom stereocenters. The molecule has 1 heterocycles. The maximum atomic E-state index is 12.7. The zero-order valence-electron chi connectivity index (χ0n) is 15.3. The fourth-order valence-electron chi connectivity index (χ4n) is 3.03. The Morgan fingerprint density at radius 1 is 1.18 bits per heavy atom. The summed E-state index contributed by atoms with van der Waals surface area (Å²) in [4.78, 5) is 38.1. The molecule has 0 radical (unpaired) electrons. The Balaban J connectivity index is 1.61. The van der Waals surface area contributed by atoms with Crippen LogP contribution in [0.3, 0.4) is 0 Å². The van der Waals surface area contributed by atoms with Gasteiger partial charge >= 0.3 is 5.97 Å². The molecule has 0 aromatic heterocycles. The van der Waals surface area contributed by atoms with E-state index >= 15 is 0 Å². The minimum absolute atomic E-state index is 0.247. The van der Waals surface area contributed by atoms with Gasteiger partial charge < -0.3 is 15.0 Å². The molecule has 0 saturated heterocycles. The Morgan fingerprint density at radius 2 is 1.89 bits per heavy atom. The predicted octanol–water partition coefficient (Wildman–Crippen LogP) is 2.67. The van der Waals surface area contributed by atoms with Crippen molar-refractivity contribution in [2.24, 2.45) is 0 Å². The number of nitrogens with zero attached hydrogens (tertiary/aromatic N) is 2. The van der Waals surface area contributed by atoms with Gasteiger partial charge in [-0.1, -0.05) is 18.2 Å². The van der Waals surface area contributed by atoms with Gasteiger partial charge in [-0.05, 0) is 49.2 Å². The topological polar surface area (TPSA) is 99.5 Å². The number of para-hydroxylation sites is 1. The minimum Gasteiger partial charge on any atom is -0.449 e. The Labute approximate surface area is 162 Å². The van der Waals surface area contributed by atoms with Gasteiger partial charge in [-0.2, -0.15) is 5.26 Å². The van der Waals surface area contributed by atoms with Crippen molar-refractivity contribution in [2.75, 3.05) is 16.8 Å². The second kappa shape index (κ2) is 8.35. The summed E-state index contributed by atoms with van der Waals surface area (Å²) in [6, 6.07) is 15.5. The molecule has 2 aromatic carbocycles. The van der Waals surface area contributed by atoms with Crippen molar-refractivity contribution in [1.82, 2.24) is 0 Å². The van der Waals surface area contributed by atoms with Crippen LogP contribution in [0.1, 0.15) is 29.3 Å². The number of rotatable bonds is 5. The first-order valence-corrected chi connectivity index (χ1v) is 8.86. The SMILES string of the molecule is CC(OC(=O)c1ccc(NC(=O)CC#N)cc1)C(=O)N1CCc2ccccc21. The molecule has 0 saturated carbocycles. The molecule has 7 nitrogen and oxygen atoms in total. The number of esters is 1. The van der Waals surface area contributed by atoms with E-state index in [1.165, 1.54) is 24.3 Å². The summed E-state index contributed by atoms with van der Waals surface area (Å²) < 4.78 is 5.32. The van der Waals surface area contributed by atoms with Gasteiger partial charge in [0.15, 0.2) is 6.10 Å². The van der Waals surface area contributed by atoms with E-state index in [4.69, 9.17) is 10.00 Å². The first-order valence-electron chi connectivity index (χ1n) is 8.86. The normalized spacial score (nSPS) is 13.2. The number of hydrogen-bond acceptors (Lipinski definition) is 5. The maximum absolute atomic E-state index is 12.7. The third kappa shape index (κ3) is 4.18. The van der Waals surface area contributed by atoms with Crippen molar-refractivity contribution in [3.8, 4) is 6.07 Å². The first-order chi connectivity index (χ1) is 13.5. The van der Waals surface area contributed by atoms with Crippen LogP contribution in [0.4, 0.5) is 11.4 Å². The molecule has 0 fully saturated rings. The molecule has 28 heavy (non-hydrogen) atoms. The molecule has 142 valence electrons. The highest BCUT2D eigenvalue weighted by Crippen LogP contribution is 2.28. The van der Waals surface area contributed by atoms with Crippen molar-refractivity contribution >= 4 is 29.2 Å². The smallest absolute Gasteiger partial charge is 0.338 e. The van der Waals surface area contributed by atoms with Crippen molar-refractivity contribution < 1.29 is 19.1 Å². The molecule has 1 unspecified atom stereocenters. The minimum atomic E-state index is -0.923. The van der Waals surface area contributed by atoms with E-state index in [9.17, 15) is 14.4 Å². The molecule has 3 rings (SSSR count). The quantitative estimate of drug-likeness (QED) is 0.808. The lowest BCUT2D eigenvalue weighted by Gasteiger charge is -2.21. The van der Waals surface area contributed by atoms with Crippen LogP contribution in [0.2, 0.25) is 0 Å². The van der Waals surface area contributed by atoms with Gasteiger partial charge in [0.25, 0.3) is 5.91 Å². The van der Waals surface area contributed by atoms with Crippen LogP contribution >= 0.6 is 0 Å². The lowest BCUT2D eigenvalue weighted by Crippen LogP contribution is -2.39. The van der Waals surface area contributed by atoms with Gasteiger partial charge in [-0.25, -0.2) is 4.79 Å². The second-order valence-corrected chi connectivity index (χ2v) is 6.38. The van der Waals surface area contributed by atoms with E-state index in [0.29, 0.717) is 12.2 Å². The van der Waals surface area contributed by atoms with Crippen LogP contribution in [0.15, 0.2) is 48.5 Å². The van der Waals surface area contributed by atoms with Crippen LogP contribution in [-0.2, 0) is 20.7 Å². The van der Waals surface area contributed by atoms with Gasteiger partial charge in [0, 0.05) is 17.9 Å². The highest BCUT2D eigenvalue weighted by atomic mass is 16.5. The average Bonchev–Trinajstić information content (AvgIpc) is 3.12. The molecular weight excluding hydrogens is 358 g/mol. The Morgan fingerprint density at radius 3 is 2.61 bits per heavy atom. The summed E-state index contributed by atoms with van der Waals surface area (Å²) >= 11 is 0. The van der Waals surface area contributed by atoms with Crippen molar-refractivity contribution in [2.45, 2.75) is 25.9 Å². The number of benzene rings is 2. The average molecular weight is 377 g/mol. The molecule has 1 aliphatic rings. The van der Waals surface area contributed by atoms with Crippen LogP contribution in [0.25, 0.3) is 0 Å². The van der Waals surface area contributed by atoms with Gasteiger partial charge in [-0.3, -0.25) is 9.59 Å². The summed E-state index contributed by atoms with van der Waals surface area (Å²) in [6.45, 7) is 2.12. The molecule has 0 aliphatic carbocycles. The number of carbonyl (C=O) groups excluding carboxylic acids is 3. The summed E-state index contributed by atoms with van der Waals surface area (Å²) in [6.07, 6.45) is -0.390. The van der Waals surface area contributed by atoms with Crippen LogP contribution in [0, 0.1) is 11.3 Å². The molecule has 0 spiro atoms. The summed E-state index contributed by atoms with van der Waals surface area (Å²) in [5, 5.41) is 11.0. The standard InChI is InChI=1S/C21H19N3O4/c1-14(20(26)24-13-11-15-4-2-3-5-18(15)24)28-21(27)16-6-8-17(9-7-16)23-19(25)10-12-22/h2-9,14H,10-11,13H2,1H3,(H,23,25). The molecule has 1 N–H and O–H groups in total. The van der Waals surface area contributed by atoms with Crippen molar-refractivity contribution in [3.63, 3.8) is 0 Å². The zero-order chi connectivity index (χ0) is 20.1. The van der Waals surface area contributed by atoms with Crippen LogP contribution < -0.4 is 10.2 Å². The van der Waals surface area contributed by atoms with Crippen molar-refractivity contribution in [3.05, 3.63) is 59.7 Å². The Bertz CT molecular complexity index is 947. The van der Waals surface area contributed by atoms with E-state index < -0.39 is 18.0 Å². The Kier molecular flexibility index (Phi) is 5.70. The fraction of sp³-hybridized carbons (Fsp3) is 0.238. The van der Waals surface area contributed by atoms with E-state index in [1.54, 1.807) is 17.9 Å². The number of carbonyl (C=O) groups is 3. The number of nitriles is 1. The predicted molar refractivity (Wildman–Crippen MR) is 103 cm³/mol. The van der Waals surface area contributed by atoms with Gasteiger partial charge in [-0.15, -0.1) is 0 Å².